The molecule has 5 rings (SSSR count). The quantitative estimate of drug-likeness (QED) is 0.362. The van der Waals surface area contributed by atoms with Gasteiger partial charge in [-0.05, 0) is 63.4 Å². The maximum absolute atomic E-state index is 13.0. The van der Waals surface area contributed by atoms with Gasteiger partial charge in [-0.25, -0.2) is 0 Å². The molecule has 2 saturated heterocycles. The minimum Gasteiger partial charge on any atom is -0.378 e. The van der Waals surface area contributed by atoms with Crippen LogP contribution in [0.1, 0.15) is 53.0 Å². The molecule has 218 valence electrons. The van der Waals surface area contributed by atoms with Gasteiger partial charge in [0, 0.05) is 49.5 Å². The predicted molar refractivity (Wildman–Crippen MR) is 153 cm³/mol. The van der Waals surface area contributed by atoms with E-state index in [-0.39, 0.29) is 35.4 Å². The molecule has 1 atom stereocenters. The second-order valence-electron chi connectivity index (χ2n) is 10.6. The van der Waals surface area contributed by atoms with Crippen molar-refractivity contribution in [3.05, 3.63) is 47.7 Å². The van der Waals surface area contributed by atoms with E-state index in [1.807, 2.05) is 6.08 Å². The van der Waals surface area contributed by atoms with Crippen LogP contribution in [0.3, 0.4) is 0 Å². The summed E-state index contributed by atoms with van der Waals surface area (Å²) in [6.45, 7) is 3.52. The molecule has 13 nitrogen and oxygen atoms in total. The van der Waals surface area contributed by atoms with Gasteiger partial charge in [0.2, 0.25) is 11.9 Å². The molecule has 3 amide bonds. The third-order valence-corrected chi connectivity index (χ3v) is 7.52. The topological polar surface area (TPSA) is 159 Å². The summed E-state index contributed by atoms with van der Waals surface area (Å²) in [7, 11) is 2.07. The summed E-state index contributed by atoms with van der Waals surface area (Å²) in [4.78, 5) is 48.1. The van der Waals surface area contributed by atoms with Crippen LogP contribution in [0, 0.1) is 0 Å². The molecule has 4 N–H and O–H groups in total. The van der Waals surface area contributed by atoms with Crippen LogP contribution >= 0.6 is 0 Å². The lowest BCUT2D eigenvalue weighted by atomic mass is 10.1. The number of aromatic nitrogens is 3. The van der Waals surface area contributed by atoms with Crippen molar-refractivity contribution in [2.45, 2.75) is 44.3 Å². The number of morpholine rings is 1. The summed E-state index contributed by atoms with van der Waals surface area (Å²) >= 11 is 0. The normalized spacial score (nSPS) is 19.4. The van der Waals surface area contributed by atoms with Gasteiger partial charge in [-0.1, -0.05) is 6.08 Å². The molecular weight excluding hydrogens is 526 g/mol. The number of nitrogens with two attached hydrogens (primary N) is 1. The first-order chi connectivity index (χ1) is 19.9. The van der Waals surface area contributed by atoms with E-state index in [1.165, 1.54) is 12.8 Å². The number of primary amides is 1. The van der Waals surface area contributed by atoms with Crippen molar-refractivity contribution >= 4 is 35.2 Å². The molecule has 0 radical (unpaired) electrons. The minimum absolute atomic E-state index is 0.0655. The van der Waals surface area contributed by atoms with Crippen molar-refractivity contribution in [2.24, 2.45) is 5.73 Å². The fourth-order valence-electron chi connectivity index (χ4n) is 5.00. The largest absolute Gasteiger partial charge is 0.378 e. The number of likely N-dealkylation sites (tertiary alicyclic amines) is 1. The number of benzene rings is 1. The number of piperidine rings is 1. The van der Waals surface area contributed by atoms with Gasteiger partial charge in [0.15, 0.2) is 11.5 Å². The minimum atomic E-state index is -0.783. The molecule has 3 heterocycles. The number of nitrogens with one attached hydrogen (secondary N) is 2. The Morgan fingerprint density at radius 1 is 1.07 bits per heavy atom. The van der Waals surface area contributed by atoms with Gasteiger partial charge in [0.1, 0.15) is 6.17 Å². The molecule has 1 aromatic heterocycles. The van der Waals surface area contributed by atoms with E-state index in [2.05, 4.69) is 37.8 Å². The SMILES string of the molecule is CN(CC=CC(=O)N1CCCC[C@@H]1Nc1nnc(C(N)=O)c(Nc2ccc(C(=O)N3CCOCC3)cc2)n1)C1CC1. The van der Waals surface area contributed by atoms with E-state index in [4.69, 9.17) is 10.5 Å². The Hall–Kier alpha value is -4.10. The number of rotatable bonds is 10. The lowest BCUT2D eigenvalue weighted by Crippen LogP contribution is -2.47. The van der Waals surface area contributed by atoms with Gasteiger partial charge in [-0.2, -0.15) is 4.98 Å². The van der Waals surface area contributed by atoms with Crippen LogP contribution in [0.5, 0.6) is 0 Å². The van der Waals surface area contributed by atoms with Crippen molar-refractivity contribution < 1.29 is 19.1 Å². The second kappa shape index (κ2) is 13.0. The smallest absolute Gasteiger partial charge is 0.273 e. The van der Waals surface area contributed by atoms with Crippen molar-refractivity contribution in [1.82, 2.24) is 29.9 Å². The highest BCUT2D eigenvalue weighted by Gasteiger charge is 2.28. The number of hydrogen-bond acceptors (Lipinski definition) is 10. The first kappa shape index (κ1) is 28.4. The summed E-state index contributed by atoms with van der Waals surface area (Å²) in [5, 5.41) is 14.3. The monoisotopic (exact) mass is 563 g/mol. The van der Waals surface area contributed by atoms with Gasteiger partial charge in [-0.15, -0.1) is 10.2 Å². The average Bonchev–Trinajstić information content (AvgIpc) is 3.84. The highest BCUT2D eigenvalue weighted by molar-refractivity contribution is 5.97. The molecule has 2 aromatic rings. The Morgan fingerprint density at radius 3 is 2.54 bits per heavy atom. The Balaban J connectivity index is 1.26. The molecule has 0 spiro atoms. The molecule has 0 unspecified atom stereocenters. The van der Waals surface area contributed by atoms with Gasteiger partial charge in [0.25, 0.3) is 11.8 Å². The number of ether oxygens (including phenoxy) is 1. The maximum Gasteiger partial charge on any atom is 0.273 e. The highest BCUT2D eigenvalue weighted by atomic mass is 16.5. The standard InChI is InChI=1S/C28H37N9O4/c1-35(21-11-12-21)13-4-6-23(38)37-14-3-2-5-22(37)31-28-32-26(24(25(29)39)33-34-28)30-20-9-7-19(8-10-20)27(40)36-15-17-41-18-16-36/h4,6-10,21-22H,2-3,5,11-18H2,1H3,(H2,29,39)(H2,30,31,32,34)/t22-/m1/s1. The summed E-state index contributed by atoms with van der Waals surface area (Å²) in [5.41, 5.74) is 6.55. The van der Waals surface area contributed by atoms with E-state index >= 15 is 0 Å². The number of nitrogens with zero attached hydrogens (tertiary/aromatic N) is 6. The fourth-order valence-corrected chi connectivity index (χ4v) is 5.00. The Kier molecular flexibility index (Phi) is 9.04. The summed E-state index contributed by atoms with van der Waals surface area (Å²) in [5.74, 6) is -0.631. The van der Waals surface area contributed by atoms with Crippen molar-refractivity contribution in [3.63, 3.8) is 0 Å². The van der Waals surface area contributed by atoms with Crippen LogP contribution in [0.25, 0.3) is 0 Å². The molecule has 13 heteroatoms. The Morgan fingerprint density at radius 2 is 1.83 bits per heavy atom. The first-order valence-electron chi connectivity index (χ1n) is 14.1. The molecule has 3 aliphatic rings. The van der Waals surface area contributed by atoms with E-state index in [9.17, 15) is 14.4 Å². The van der Waals surface area contributed by atoms with Crippen LogP contribution in [0.2, 0.25) is 0 Å². The van der Waals surface area contributed by atoms with E-state index in [1.54, 1.807) is 40.1 Å². The van der Waals surface area contributed by atoms with Crippen LogP contribution in [-0.4, -0.2) is 106 Å². The Labute approximate surface area is 239 Å². The number of carbonyl (C=O) groups is 3. The summed E-state index contributed by atoms with van der Waals surface area (Å²) < 4.78 is 5.32. The van der Waals surface area contributed by atoms with E-state index in [0.29, 0.717) is 50.1 Å². The van der Waals surface area contributed by atoms with Crippen LogP contribution < -0.4 is 16.4 Å². The van der Waals surface area contributed by atoms with Gasteiger partial charge < -0.3 is 30.9 Å². The lowest BCUT2D eigenvalue weighted by Gasteiger charge is -2.35. The molecule has 41 heavy (non-hydrogen) atoms. The van der Waals surface area contributed by atoms with Crippen molar-refractivity contribution in [1.29, 1.82) is 0 Å². The predicted octanol–water partition coefficient (Wildman–Crippen LogP) is 1.59. The van der Waals surface area contributed by atoms with Crippen LogP contribution in [0.4, 0.5) is 17.5 Å². The zero-order valence-corrected chi connectivity index (χ0v) is 23.3. The second-order valence-corrected chi connectivity index (χ2v) is 10.6. The molecule has 3 fully saturated rings. The molecule has 1 saturated carbocycles. The number of anilines is 3. The maximum atomic E-state index is 13.0. The molecule has 0 bridgehead atoms. The fraction of sp³-hybridized carbons (Fsp3) is 0.500. The van der Waals surface area contributed by atoms with E-state index < -0.39 is 5.91 Å². The lowest BCUT2D eigenvalue weighted by molar-refractivity contribution is -0.128. The van der Waals surface area contributed by atoms with Crippen molar-refractivity contribution in [3.8, 4) is 0 Å². The third kappa shape index (κ3) is 7.35. The Bertz CT molecular complexity index is 1280. The summed E-state index contributed by atoms with van der Waals surface area (Å²) in [6, 6.07) is 7.49. The molecule has 2 aliphatic heterocycles. The summed E-state index contributed by atoms with van der Waals surface area (Å²) in [6.07, 6.45) is 8.25. The number of carbonyl (C=O) groups excluding carboxylic acids is 3. The number of hydrogen-bond donors (Lipinski definition) is 3. The van der Waals surface area contributed by atoms with Gasteiger partial charge in [-0.3, -0.25) is 19.3 Å². The van der Waals surface area contributed by atoms with Gasteiger partial charge >= 0.3 is 0 Å². The molecule has 1 aliphatic carbocycles. The van der Waals surface area contributed by atoms with Crippen molar-refractivity contribution in [2.75, 3.05) is 57.1 Å². The zero-order valence-electron chi connectivity index (χ0n) is 23.3. The van der Waals surface area contributed by atoms with E-state index in [0.717, 1.165) is 25.8 Å². The highest BCUT2D eigenvalue weighted by Crippen LogP contribution is 2.25. The number of likely N-dealkylation sites (N-methyl/N-ethyl adjacent to an activating group) is 1. The zero-order chi connectivity index (χ0) is 28.8. The third-order valence-electron chi connectivity index (χ3n) is 7.52. The average molecular weight is 564 g/mol. The first-order valence-corrected chi connectivity index (χ1v) is 14.1. The molecule has 1 aromatic carbocycles. The number of amides is 3. The van der Waals surface area contributed by atoms with Crippen LogP contribution in [0.15, 0.2) is 36.4 Å². The van der Waals surface area contributed by atoms with Crippen LogP contribution in [-0.2, 0) is 9.53 Å². The molecular formula is C28H37N9O4. The van der Waals surface area contributed by atoms with Gasteiger partial charge in [0.05, 0.1) is 13.2 Å².